The van der Waals surface area contributed by atoms with Gasteiger partial charge >= 0.3 is 6.18 Å². The van der Waals surface area contributed by atoms with E-state index >= 15 is 0 Å². The molecule has 1 rings (SSSR count). The van der Waals surface area contributed by atoms with Gasteiger partial charge in [-0.05, 0) is 13.0 Å². The summed E-state index contributed by atoms with van der Waals surface area (Å²) in [5, 5.41) is 15.3. The zero-order chi connectivity index (χ0) is 12.3. The monoisotopic (exact) mass is 237 g/mol. The number of nitrogens with one attached hydrogen (secondary N) is 1. The fourth-order valence-corrected chi connectivity index (χ4v) is 1.32. The first-order valence-electron chi connectivity index (χ1n) is 4.78. The van der Waals surface area contributed by atoms with Crippen molar-refractivity contribution in [3.63, 3.8) is 0 Å². The molecule has 1 aromatic rings. The number of rotatable bonds is 4. The normalized spacial score (nSPS) is 16.1. The summed E-state index contributed by atoms with van der Waals surface area (Å²) in [7, 11) is 1.70. The number of aliphatic hydroxyl groups is 1. The lowest BCUT2D eigenvalue weighted by Gasteiger charge is -2.19. The van der Waals surface area contributed by atoms with Gasteiger partial charge < -0.3 is 10.4 Å². The summed E-state index contributed by atoms with van der Waals surface area (Å²) in [4.78, 5) is 0. The van der Waals surface area contributed by atoms with Crippen molar-refractivity contribution < 1.29 is 18.3 Å². The number of aromatic nitrogens is 2. The Balaban J connectivity index is 2.48. The molecule has 16 heavy (non-hydrogen) atoms. The van der Waals surface area contributed by atoms with Gasteiger partial charge in [0.25, 0.3) is 0 Å². The van der Waals surface area contributed by atoms with Crippen LogP contribution in [0.5, 0.6) is 0 Å². The first-order valence-corrected chi connectivity index (χ1v) is 4.78. The second-order valence-corrected chi connectivity index (χ2v) is 3.57. The number of nitrogens with zero attached hydrogens (tertiary/aromatic N) is 2. The van der Waals surface area contributed by atoms with Crippen molar-refractivity contribution in [2.45, 2.75) is 25.2 Å². The Kier molecular flexibility index (Phi) is 3.93. The molecule has 0 amide bonds. The number of hydrogen-bond donors (Lipinski definition) is 2. The summed E-state index contributed by atoms with van der Waals surface area (Å²) < 4.78 is 37.6. The van der Waals surface area contributed by atoms with Gasteiger partial charge in [0.1, 0.15) is 0 Å². The number of aryl methyl sites for hydroxylation is 1. The summed E-state index contributed by atoms with van der Waals surface area (Å²) in [5.41, 5.74) is 0.759. The molecule has 0 aliphatic rings. The minimum Gasteiger partial charge on any atom is -0.382 e. The Labute approximate surface area is 91.1 Å². The fraction of sp³-hybridized carbons (Fsp3) is 0.667. The summed E-state index contributed by atoms with van der Waals surface area (Å²) >= 11 is 0. The third-order valence-electron chi connectivity index (χ3n) is 2.30. The zero-order valence-electron chi connectivity index (χ0n) is 8.99. The molecule has 2 N–H and O–H groups in total. The highest BCUT2D eigenvalue weighted by atomic mass is 19.4. The largest absolute Gasteiger partial charge is 0.415 e. The van der Waals surface area contributed by atoms with Crippen LogP contribution in [0.4, 0.5) is 13.2 Å². The van der Waals surface area contributed by atoms with E-state index in [2.05, 4.69) is 10.4 Å². The second-order valence-electron chi connectivity index (χ2n) is 3.57. The summed E-state index contributed by atoms with van der Waals surface area (Å²) in [6, 6.07) is 1.40. The SMILES string of the molecule is CC(NCC(O)C(F)(F)F)c1ccnn1C. The van der Waals surface area contributed by atoms with E-state index in [1.54, 1.807) is 30.9 Å². The summed E-state index contributed by atoms with van der Waals surface area (Å²) in [6.45, 7) is 1.18. The van der Waals surface area contributed by atoms with Gasteiger partial charge in [-0.3, -0.25) is 4.68 Å². The van der Waals surface area contributed by atoms with Crippen LogP contribution < -0.4 is 5.32 Å². The van der Waals surface area contributed by atoms with Crippen LogP contribution in [0.2, 0.25) is 0 Å². The maximum Gasteiger partial charge on any atom is 0.415 e. The van der Waals surface area contributed by atoms with Crippen LogP contribution in [0.3, 0.4) is 0 Å². The molecule has 7 heteroatoms. The van der Waals surface area contributed by atoms with Gasteiger partial charge in [0.15, 0.2) is 6.10 Å². The number of halogens is 3. The number of alkyl halides is 3. The standard InChI is InChI=1S/C9H14F3N3O/c1-6(7-3-4-14-15(7)2)13-5-8(16)9(10,11)12/h3-4,6,8,13,16H,5H2,1-2H3. The maximum absolute atomic E-state index is 12.0. The highest BCUT2D eigenvalue weighted by Crippen LogP contribution is 2.20. The van der Waals surface area contributed by atoms with E-state index in [0.717, 1.165) is 5.69 Å². The van der Waals surface area contributed by atoms with Crippen LogP contribution in [0.25, 0.3) is 0 Å². The van der Waals surface area contributed by atoms with Crippen molar-refractivity contribution in [3.8, 4) is 0 Å². The van der Waals surface area contributed by atoms with Crippen LogP contribution in [-0.4, -0.2) is 33.7 Å². The fourth-order valence-electron chi connectivity index (χ4n) is 1.32. The lowest BCUT2D eigenvalue weighted by Crippen LogP contribution is -2.39. The van der Waals surface area contributed by atoms with Gasteiger partial charge in [-0.2, -0.15) is 18.3 Å². The molecule has 0 saturated carbocycles. The molecule has 2 unspecified atom stereocenters. The molecule has 2 atom stereocenters. The molecule has 1 heterocycles. The van der Waals surface area contributed by atoms with E-state index in [1.165, 1.54) is 0 Å². The Morgan fingerprint density at radius 3 is 2.62 bits per heavy atom. The molecule has 0 aliphatic carbocycles. The van der Waals surface area contributed by atoms with Gasteiger partial charge in [0.05, 0.1) is 5.69 Å². The minimum atomic E-state index is -4.58. The predicted octanol–water partition coefficient (Wildman–Crippen LogP) is 0.994. The average molecular weight is 237 g/mol. The molecule has 0 bridgehead atoms. The average Bonchev–Trinajstić information content (AvgIpc) is 2.58. The minimum absolute atomic E-state index is 0.301. The lowest BCUT2D eigenvalue weighted by atomic mass is 10.2. The summed E-state index contributed by atoms with van der Waals surface area (Å²) in [6.07, 6.45) is -5.37. The molecule has 0 aromatic carbocycles. The third kappa shape index (κ3) is 3.21. The highest BCUT2D eigenvalue weighted by Gasteiger charge is 2.38. The van der Waals surface area contributed by atoms with Crippen LogP contribution in [0.15, 0.2) is 12.3 Å². The van der Waals surface area contributed by atoms with E-state index in [4.69, 9.17) is 5.11 Å². The molecule has 1 aromatic heterocycles. The van der Waals surface area contributed by atoms with E-state index < -0.39 is 18.8 Å². The molecule has 0 spiro atoms. The van der Waals surface area contributed by atoms with Crippen molar-refractivity contribution in [1.29, 1.82) is 0 Å². The van der Waals surface area contributed by atoms with Crippen LogP contribution in [-0.2, 0) is 7.05 Å². The second kappa shape index (κ2) is 4.84. The molecule has 0 radical (unpaired) electrons. The van der Waals surface area contributed by atoms with Gasteiger partial charge in [0, 0.05) is 25.8 Å². The Bertz CT molecular complexity index is 337. The third-order valence-corrected chi connectivity index (χ3v) is 2.30. The maximum atomic E-state index is 12.0. The lowest BCUT2D eigenvalue weighted by molar-refractivity contribution is -0.202. The van der Waals surface area contributed by atoms with Gasteiger partial charge in [-0.15, -0.1) is 0 Å². The topological polar surface area (TPSA) is 50.1 Å². The Morgan fingerprint density at radius 1 is 1.56 bits per heavy atom. The van der Waals surface area contributed by atoms with E-state index in [1.807, 2.05) is 0 Å². The van der Waals surface area contributed by atoms with Gasteiger partial charge in [0.2, 0.25) is 0 Å². The number of aliphatic hydroxyl groups excluding tert-OH is 1. The van der Waals surface area contributed by atoms with Crippen molar-refractivity contribution in [2.24, 2.45) is 7.05 Å². The highest BCUT2D eigenvalue weighted by molar-refractivity contribution is 5.05. The van der Waals surface area contributed by atoms with Gasteiger partial charge in [-0.1, -0.05) is 0 Å². The van der Waals surface area contributed by atoms with Crippen molar-refractivity contribution in [3.05, 3.63) is 18.0 Å². The van der Waals surface area contributed by atoms with Crippen LogP contribution in [0, 0.1) is 0 Å². The zero-order valence-corrected chi connectivity index (χ0v) is 8.99. The molecule has 0 fully saturated rings. The quantitative estimate of drug-likeness (QED) is 0.821. The molecule has 0 saturated heterocycles. The van der Waals surface area contributed by atoms with E-state index in [9.17, 15) is 13.2 Å². The molecule has 92 valence electrons. The first-order chi connectivity index (χ1) is 7.32. The molecular formula is C9H14F3N3O. The van der Waals surface area contributed by atoms with Crippen molar-refractivity contribution in [1.82, 2.24) is 15.1 Å². The van der Waals surface area contributed by atoms with Crippen molar-refractivity contribution in [2.75, 3.05) is 6.54 Å². The Morgan fingerprint density at radius 2 is 2.19 bits per heavy atom. The van der Waals surface area contributed by atoms with E-state index in [0.29, 0.717) is 0 Å². The summed E-state index contributed by atoms with van der Waals surface area (Å²) in [5.74, 6) is 0. The number of hydrogen-bond acceptors (Lipinski definition) is 3. The Hall–Kier alpha value is -1.08. The van der Waals surface area contributed by atoms with Crippen LogP contribution in [0.1, 0.15) is 18.7 Å². The molecule has 0 aliphatic heterocycles. The molecular weight excluding hydrogens is 223 g/mol. The van der Waals surface area contributed by atoms with E-state index in [-0.39, 0.29) is 6.04 Å². The molecule has 4 nitrogen and oxygen atoms in total. The predicted molar refractivity (Wildman–Crippen MR) is 51.7 cm³/mol. The van der Waals surface area contributed by atoms with Crippen molar-refractivity contribution >= 4 is 0 Å². The van der Waals surface area contributed by atoms with Gasteiger partial charge in [-0.25, -0.2) is 0 Å². The smallest absolute Gasteiger partial charge is 0.382 e. The first kappa shape index (κ1) is 13.0. The van der Waals surface area contributed by atoms with Crippen LogP contribution >= 0.6 is 0 Å².